The highest BCUT2D eigenvalue weighted by Crippen LogP contribution is 2.22. The Morgan fingerprint density at radius 3 is 1.60 bits per heavy atom. The summed E-state index contributed by atoms with van der Waals surface area (Å²) in [5.41, 5.74) is 1.13. The molecule has 4 amide bonds. The third-order valence-corrected chi connectivity index (χ3v) is 7.91. The Morgan fingerprint density at radius 2 is 1.17 bits per heavy atom. The fraction of sp³-hybridized carbons (Fsp3) is 0.697. The molecule has 0 aliphatic rings. The molecule has 0 aliphatic heterocycles. The summed E-state index contributed by atoms with van der Waals surface area (Å²) in [5.74, 6) is -1.14. The van der Waals surface area contributed by atoms with Crippen LogP contribution in [0.25, 0.3) is 0 Å². The summed E-state index contributed by atoms with van der Waals surface area (Å²) >= 11 is 0. The molecule has 1 aromatic carbocycles. The highest BCUT2D eigenvalue weighted by molar-refractivity contribution is 5.95. The van der Waals surface area contributed by atoms with Crippen LogP contribution in [0.3, 0.4) is 0 Å². The summed E-state index contributed by atoms with van der Waals surface area (Å²) in [7, 11) is 6.67. The Kier molecular flexibility index (Phi) is 15.2. The van der Waals surface area contributed by atoms with Gasteiger partial charge >= 0.3 is 0 Å². The van der Waals surface area contributed by atoms with E-state index in [0.29, 0.717) is 19.4 Å². The highest BCUT2D eigenvalue weighted by atomic mass is 16.2. The van der Waals surface area contributed by atoms with Gasteiger partial charge in [-0.3, -0.25) is 19.2 Å². The molecule has 9 nitrogen and oxygen atoms in total. The van der Waals surface area contributed by atoms with Crippen molar-refractivity contribution in [3.05, 3.63) is 35.9 Å². The van der Waals surface area contributed by atoms with Crippen molar-refractivity contribution < 1.29 is 19.2 Å². The van der Waals surface area contributed by atoms with Gasteiger partial charge in [0.15, 0.2) is 0 Å². The molecule has 0 aliphatic carbocycles. The van der Waals surface area contributed by atoms with Gasteiger partial charge in [-0.05, 0) is 49.1 Å². The number of benzene rings is 1. The van der Waals surface area contributed by atoms with E-state index < -0.39 is 24.2 Å². The number of carbonyl (C=O) groups is 4. The Bertz CT molecular complexity index is 1010. The van der Waals surface area contributed by atoms with Crippen LogP contribution in [-0.4, -0.2) is 97.2 Å². The van der Waals surface area contributed by atoms with E-state index in [1.54, 1.807) is 28.2 Å². The molecule has 1 rings (SSSR count). The van der Waals surface area contributed by atoms with Crippen molar-refractivity contribution in [2.24, 2.45) is 23.7 Å². The molecule has 0 unspecified atom stereocenters. The topological polar surface area (TPSA) is 102 Å². The fourth-order valence-electron chi connectivity index (χ4n) is 5.58. The van der Waals surface area contributed by atoms with Crippen molar-refractivity contribution in [2.45, 2.75) is 92.4 Å². The second-order valence-electron chi connectivity index (χ2n) is 12.9. The third kappa shape index (κ3) is 10.1. The average Bonchev–Trinajstić information content (AvgIpc) is 2.91. The van der Waals surface area contributed by atoms with Gasteiger partial charge in [-0.15, -0.1) is 0 Å². The third-order valence-electron chi connectivity index (χ3n) is 7.91. The molecule has 1 aromatic rings. The predicted molar refractivity (Wildman–Crippen MR) is 170 cm³/mol. The first-order chi connectivity index (χ1) is 19.6. The molecular weight excluding hydrogens is 530 g/mol. The fourth-order valence-corrected chi connectivity index (χ4v) is 5.58. The molecule has 0 fully saturated rings. The Morgan fingerprint density at radius 1 is 0.690 bits per heavy atom. The van der Waals surface area contributed by atoms with E-state index in [1.165, 1.54) is 14.7 Å². The van der Waals surface area contributed by atoms with E-state index >= 15 is 0 Å². The van der Waals surface area contributed by atoms with Crippen LogP contribution in [0.2, 0.25) is 0 Å². The van der Waals surface area contributed by atoms with Crippen LogP contribution in [0.5, 0.6) is 0 Å². The highest BCUT2D eigenvalue weighted by Gasteiger charge is 2.41. The van der Waals surface area contributed by atoms with E-state index in [9.17, 15) is 19.2 Å². The number of amides is 4. The van der Waals surface area contributed by atoms with Crippen molar-refractivity contribution >= 4 is 23.6 Å². The summed E-state index contributed by atoms with van der Waals surface area (Å²) in [6.45, 7) is 16.0. The van der Waals surface area contributed by atoms with Crippen LogP contribution < -0.4 is 10.6 Å². The monoisotopic (exact) mass is 587 g/mol. The lowest BCUT2D eigenvalue weighted by Gasteiger charge is -2.40. The lowest BCUT2D eigenvalue weighted by atomic mass is 9.94. The van der Waals surface area contributed by atoms with Gasteiger partial charge in [0.05, 0.1) is 6.04 Å². The lowest BCUT2D eigenvalue weighted by Crippen LogP contribution is -2.61. The maximum absolute atomic E-state index is 14.1. The van der Waals surface area contributed by atoms with Crippen molar-refractivity contribution in [3.8, 4) is 0 Å². The van der Waals surface area contributed by atoms with Crippen molar-refractivity contribution in [1.82, 2.24) is 25.3 Å². The molecule has 4 atom stereocenters. The second kappa shape index (κ2) is 17.2. The van der Waals surface area contributed by atoms with Crippen LogP contribution in [0.15, 0.2) is 30.3 Å². The smallest absolute Gasteiger partial charge is 0.246 e. The summed E-state index contributed by atoms with van der Waals surface area (Å²) in [4.78, 5) is 59.3. The maximum Gasteiger partial charge on any atom is 0.246 e. The van der Waals surface area contributed by atoms with Crippen LogP contribution in [0.1, 0.15) is 67.4 Å². The maximum atomic E-state index is 14.1. The molecule has 42 heavy (non-hydrogen) atoms. The molecular formula is C33H57N5O4. The standard InChI is InChI=1S/C33H57N5O4/c1-21(2)20-26(30(39)35-19-18-25-16-14-13-15-17-25)36(10)32(41)28(23(5)6)38(12)33(42)29(24(7)8)37(11)31(40)27(34-9)22(3)4/h13-17,21-24,26-29,34H,18-20H2,1-12H3,(H,35,39)/t26-,27-,28-,29-/m0/s1. The molecule has 0 saturated carbocycles. The van der Waals surface area contributed by atoms with Gasteiger partial charge in [0.1, 0.15) is 18.1 Å². The van der Waals surface area contributed by atoms with Crippen LogP contribution >= 0.6 is 0 Å². The first-order valence-corrected chi connectivity index (χ1v) is 15.4. The van der Waals surface area contributed by atoms with E-state index in [1.807, 2.05) is 85.7 Å². The van der Waals surface area contributed by atoms with Crippen molar-refractivity contribution in [3.63, 3.8) is 0 Å². The number of likely N-dealkylation sites (N-methyl/N-ethyl adjacent to an activating group) is 4. The minimum Gasteiger partial charge on any atom is -0.354 e. The van der Waals surface area contributed by atoms with Gasteiger partial charge in [0.2, 0.25) is 23.6 Å². The van der Waals surface area contributed by atoms with Gasteiger partial charge in [-0.25, -0.2) is 0 Å². The van der Waals surface area contributed by atoms with E-state index in [2.05, 4.69) is 10.6 Å². The van der Waals surface area contributed by atoms with Crippen molar-refractivity contribution in [2.75, 3.05) is 34.7 Å². The molecule has 0 saturated heterocycles. The molecule has 0 spiro atoms. The minimum atomic E-state index is -0.802. The normalized spacial score (nSPS) is 14.5. The zero-order valence-corrected chi connectivity index (χ0v) is 28.1. The summed E-state index contributed by atoms with van der Waals surface area (Å²) in [5, 5.41) is 6.08. The Labute approximate surface area is 254 Å². The van der Waals surface area contributed by atoms with Gasteiger partial charge < -0.3 is 25.3 Å². The van der Waals surface area contributed by atoms with E-state index in [-0.39, 0.29) is 47.3 Å². The zero-order valence-electron chi connectivity index (χ0n) is 28.1. The SMILES string of the molecule is CN[C@H](C(=O)N(C)[C@H](C(=O)N(C)[C@H](C(=O)N(C)[C@@H](CC(C)C)C(=O)NCCc1ccccc1)C(C)C)C(C)C)C(C)C. The second-order valence-corrected chi connectivity index (χ2v) is 12.9. The number of nitrogens with one attached hydrogen (secondary N) is 2. The van der Waals surface area contributed by atoms with Crippen LogP contribution in [0, 0.1) is 23.7 Å². The first kappa shape index (κ1) is 37.1. The molecule has 9 heteroatoms. The predicted octanol–water partition coefficient (Wildman–Crippen LogP) is 3.43. The number of hydrogen-bond donors (Lipinski definition) is 2. The van der Waals surface area contributed by atoms with E-state index in [0.717, 1.165) is 5.56 Å². The van der Waals surface area contributed by atoms with E-state index in [4.69, 9.17) is 0 Å². The van der Waals surface area contributed by atoms with Crippen LogP contribution in [0.4, 0.5) is 0 Å². The van der Waals surface area contributed by atoms with Gasteiger partial charge in [-0.1, -0.05) is 85.7 Å². The summed E-state index contributed by atoms with van der Waals surface area (Å²) < 4.78 is 0. The molecule has 0 heterocycles. The minimum absolute atomic E-state index is 0.0426. The molecule has 0 bridgehead atoms. The number of carbonyl (C=O) groups excluding carboxylic acids is 4. The quantitative estimate of drug-likeness (QED) is 0.309. The molecule has 238 valence electrons. The lowest BCUT2D eigenvalue weighted by molar-refractivity contribution is -0.155. The van der Waals surface area contributed by atoms with Gasteiger partial charge in [0, 0.05) is 27.7 Å². The average molecular weight is 588 g/mol. The largest absolute Gasteiger partial charge is 0.354 e. The summed E-state index contributed by atoms with van der Waals surface area (Å²) in [6.07, 6.45) is 1.19. The number of hydrogen-bond acceptors (Lipinski definition) is 5. The summed E-state index contributed by atoms with van der Waals surface area (Å²) in [6, 6.07) is 7.28. The molecule has 0 radical (unpaired) electrons. The number of rotatable bonds is 16. The number of nitrogens with zero attached hydrogens (tertiary/aromatic N) is 3. The molecule has 2 N–H and O–H groups in total. The van der Waals surface area contributed by atoms with Crippen molar-refractivity contribution in [1.29, 1.82) is 0 Å². The Hall–Kier alpha value is -2.94. The van der Waals surface area contributed by atoms with Crippen LogP contribution in [-0.2, 0) is 25.6 Å². The van der Waals surface area contributed by atoms with Gasteiger partial charge in [-0.2, -0.15) is 0 Å². The molecule has 0 aromatic heterocycles. The van der Waals surface area contributed by atoms with Gasteiger partial charge in [0.25, 0.3) is 0 Å². The zero-order chi connectivity index (χ0) is 32.3. The Balaban J connectivity index is 3.21. The first-order valence-electron chi connectivity index (χ1n) is 15.4.